The van der Waals surface area contributed by atoms with E-state index >= 15 is 0 Å². The van der Waals surface area contributed by atoms with E-state index in [4.69, 9.17) is 0 Å². The van der Waals surface area contributed by atoms with Crippen molar-refractivity contribution < 1.29 is 14.4 Å². The molecule has 2 unspecified atom stereocenters. The fourth-order valence-electron chi connectivity index (χ4n) is 9.78. The van der Waals surface area contributed by atoms with Crippen LogP contribution < -0.4 is 3.27 Å². The molecule has 0 spiro atoms. The van der Waals surface area contributed by atoms with E-state index < -0.39 is 14.4 Å². The minimum atomic E-state index is -5.11. The van der Waals surface area contributed by atoms with E-state index in [9.17, 15) is 0 Å². The molecule has 2 aliphatic carbocycles. The minimum absolute atomic E-state index is 0.389. The van der Waals surface area contributed by atoms with Gasteiger partial charge in [0.15, 0.2) is 0 Å². The van der Waals surface area contributed by atoms with Gasteiger partial charge in [-0.2, -0.15) is 0 Å². The molecule has 3 aromatic carbocycles. The molecule has 2 aliphatic rings. The van der Waals surface area contributed by atoms with Gasteiger partial charge < -0.3 is 0 Å². The molecule has 2 heteroatoms. The molecule has 5 rings (SSSR count). The van der Waals surface area contributed by atoms with E-state index in [0.717, 1.165) is 12.8 Å². The zero-order chi connectivity index (χ0) is 28.5. The van der Waals surface area contributed by atoms with E-state index in [1.807, 2.05) is 0 Å². The van der Waals surface area contributed by atoms with Crippen molar-refractivity contribution >= 4 is 22.3 Å². The van der Waals surface area contributed by atoms with Gasteiger partial charge in [-0.25, -0.2) is 0 Å². The molecule has 2 atom stereocenters. The third-order valence-corrected chi connectivity index (χ3v) is 43.1. The Bertz CT molecular complexity index is 1560. The maximum absolute atomic E-state index is 5.11. The van der Waals surface area contributed by atoms with Crippen molar-refractivity contribution in [3.8, 4) is 0 Å². The van der Waals surface area contributed by atoms with Gasteiger partial charge in [-0.15, -0.1) is 0 Å². The maximum atomic E-state index is 2.79. The first-order valence-electron chi connectivity index (χ1n) is 15.2. The Labute approximate surface area is 234 Å². The first-order chi connectivity index (χ1) is 18.0. The zero-order valence-electron chi connectivity index (χ0n) is 25.9. The fraction of sp³-hybridized carbons (Fsp3) is 0.405. The fourth-order valence-corrected chi connectivity index (χ4v) is 44.2. The number of hydrogen-bond donors (Lipinski definition) is 0. The summed E-state index contributed by atoms with van der Waals surface area (Å²) in [7, 11) is 0. The van der Waals surface area contributed by atoms with Crippen molar-refractivity contribution in [2.75, 3.05) is 0 Å². The molecule has 0 aromatic heterocycles. The summed E-state index contributed by atoms with van der Waals surface area (Å²) in [6, 6.07) is 26.6. The molecule has 0 aliphatic heterocycles. The summed E-state index contributed by atoms with van der Waals surface area (Å²) in [5, 5.41) is 0. The van der Waals surface area contributed by atoms with Crippen LogP contribution in [0.3, 0.4) is 0 Å². The molecule has 0 amide bonds. The van der Waals surface area contributed by atoms with Crippen LogP contribution in [0.4, 0.5) is 0 Å². The summed E-state index contributed by atoms with van der Waals surface area (Å²) in [4.78, 5) is 0. The molecule has 39 heavy (non-hydrogen) atoms. The first-order valence-corrected chi connectivity index (χ1v) is 32.6. The summed E-state index contributed by atoms with van der Waals surface area (Å²) < 4.78 is 10.7. The second kappa shape index (κ2) is 8.39. The van der Waals surface area contributed by atoms with Crippen LogP contribution in [-0.4, -0.2) is 6.88 Å². The Kier molecular flexibility index (Phi) is 6.19. The number of rotatable bonds is 7. The van der Waals surface area contributed by atoms with E-state index in [-0.39, 0.29) is 0 Å². The third-order valence-electron chi connectivity index (χ3n) is 10.8. The molecular formula is C37H50SiZr. The van der Waals surface area contributed by atoms with Gasteiger partial charge in [-0.1, -0.05) is 0 Å². The SMILES string of the molecule is CC1=Cc2cc(CC(C)C)ccc2[CH]1[Zr]([CH3])([CH3])([CH3])(=[SiH2])([c]1ccccc1)[CH]1C(C)=Cc2cc(CC(C)C)ccc21. The summed E-state index contributed by atoms with van der Waals surface area (Å²) in [5.41, 5.74) is 12.0. The van der Waals surface area contributed by atoms with Crippen LogP contribution >= 0.6 is 0 Å². The number of fused-ring (bicyclic) bond motifs is 2. The van der Waals surface area contributed by atoms with Crippen molar-refractivity contribution in [2.24, 2.45) is 11.8 Å². The predicted molar refractivity (Wildman–Crippen MR) is 175 cm³/mol. The molecule has 0 bridgehead atoms. The van der Waals surface area contributed by atoms with Gasteiger partial charge in [-0.05, 0) is 0 Å². The molecule has 0 nitrogen and oxygen atoms in total. The van der Waals surface area contributed by atoms with E-state index in [1.165, 1.54) is 33.4 Å². The predicted octanol–water partition coefficient (Wildman–Crippen LogP) is 9.48. The Morgan fingerprint density at radius 3 is 1.44 bits per heavy atom. The Balaban J connectivity index is 1.83. The zero-order valence-corrected chi connectivity index (χ0v) is 29.8. The Morgan fingerprint density at radius 1 is 0.641 bits per heavy atom. The normalized spacial score (nSPS) is 21.5. The van der Waals surface area contributed by atoms with Crippen molar-refractivity contribution in [3.05, 3.63) is 111 Å². The molecule has 206 valence electrons. The van der Waals surface area contributed by atoms with Gasteiger partial charge in [0, 0.05) is 0 Å². The van der Waals surface area contributed by atoms with Crippen molar-refractivity contribution in [2.45, 2.75) is 75.5 Å². The monoisotopic (exact) mass is 612 g/mol. The van der Waals surface area contributed by atoms with Crippen molar-refractivity contribution in [3.63, 3.8) is 0 Å². The van der Waals surface area contributed by atoms with Crippen molar-refractivity contribution in [1.82, 2.24) is 0 Å². The molecule has 0 saturated heterocycles. The molecule has 0 saturated carbocycles. The average molecular weight is 614 g/mol. The van der Waals surface area contributed by atoms with Crippen LogP contribution in [0.1, 0.15) is 82.2 Å². The summed E-state index contributed by atoms with van der Waals surface area (Å²) in [6.45, 7) is 16.6. The van der Waals surface area contributed by atoms with E-state index in [1.54, 1.807) is 14.4 Å². The van der Waals surface area contributed by atoms with Crippen LogP contribution in [0, 0.1) is 11.8 Å². The summed E-state index contributed by atoms with van der Waals surface area (Å²) >= 11 is -5.11. The summed E-state index contributed by atoms with van der Waals surface area (Å²) in [6.07, 6.45) is 7.33. The second-order valence-electron chi connectivity index (χ2n) is 17.2. The van der Waals surface area contributed by atoms with Gasteiger partial charge in [0.25, 0.3) is 0 Å². The van der Waals surface area contributed by atoms with Crippen LogP contribution in [0.5, 0.6) is 0 Å². The molecule has 0 heterocycles. The molecular weight excluding hydrogens is 564 g/mol. The Morgan fingerprint density at radius 2 is 1.05 bits per heavy atom. The summed E-state index contributed by atoms with van der Waals surface area (Å²) in [5.74, 6) is 1.32. The Hall–Kier alpha value is -1.76. The van der Waals surface area contributed by atoms with E-state index in [0.29, 0.717) is 19.1 Å². The average Bonchev–Trinajstić information content (AvgIpc) is 3.35. The van der Waals surface area contributed by atoms with E-state index in [2.05, 4.69) is 141 Å². The molecule has 0 radical (unpaired) electrons. The van der Waals surface area contributed by atoms with Gasteiger partial charge in [0.2, 0.25) is 0 Å². The van der Waals surface area contributed by atoms with Crippen LogP contribution in [0.25, 0.3) is 12.2 Å². The first kappa shape index (κ1) is 28.8. The van der Waals surface area contributed by atoms with Crippen molar-refractivity contribution in [1.29, 1.82) is 0 Å². The molecule has 0 fully saturated rings. The topological polar surface area (TPSA) is 0 Å². The number of benzene rings is 3. The quantitative estimate of drug-likeness (QED) is 0.233. The second-order valence-corrected chi connectivity index (χ2v) is 70.8. The van der Waals surface area contributed by atoms with Gasteiger partial charge in [0.1, 0.15) is 0 Å². The van der Waals surface area contributed by atoms with Gasteiger partial charge >= 0.3 is 235 Å². The molecule has 3 aromatic rings. The molecule has 0 N–H and O–H groups in total. The number of hydrogen-bond acceptors (Lipinski definition) is 0. The van der Waals surface area contributed by atoms with Gasteiger partial charge in [0.05, 0.1) is 0 Å². The van der Waals surface area contributed by atoms with Gasteiger partial charge in [-0.3, -0.25) is 0 Å². The van der Waals surface area contributed by atoms with Crippen LogP contribution in [0.15, 0.2) is 77.9 Å². The number of allylic oxidation sites excluding steroid dienone is 2. The van der Waals surface area contributed by atoms with Crippen LogP contribution in [-0.2, 0) is 27.3 Å². The third kappa shape index (κ3) is 4.23. The standard InChI is InChI=1S/2C14H17.C6H5.3CH3.H2Si.Zr/c2*1-10(2)6-12-4-5-13-7-11(3)8-14(13)9-12;1-2-4-6-5-3-1;;;;;/h2*4-5,7-10H,6H2,1-3H3;1-5H;3*1H3;1H2;. The van der Waals surface area contributed by atoms with Crippen LogP contribution in [0.2, 0.25) is 13.9 Å².